The number of fused-ring (bicyclic) bond motifs is 2. The molecule has 1 saturated carbocycles. The number of hydrogen-bond donors (Lipinski definition) is 1. The number of allylic oxidation sites excluding steroid dienone is 1. The number of aliphatic hydroxyl groups excluding tert-OH is 1. The van der Waals surface area contributed by atoms with E-state index in [0.717, 1.165) is 27.4 Å². The van der Waals surface area contributed by atoms with Crippen molar-refractivity contribution in [1.82, 2.24) is 14.7 Å². The van der Waals surface area contributed by atoms with Crippen LogP contribution in [0.3, 0.4) is 0 Å². The van der Waals surface area contributed by atoms with E-state index >= 15 is 0 Å². The summed E-state index contributed by atoms with van der Waals surface area (Å²) in [6.07, 6.45) is -0.930. The van der Waals surface area contributed by atoms with E-state index in [4.69, 9.17) is 0 Å². The second kappa shape index (κ2) is 8.59. The Morgan fingerprint density at radius 1 is 1.33 bits per heavy atom. The number of amides is 1. The molecule has 1 aromatic carbocycles. The van der Waals surface area contributed by atoms with Crippen molar-refractivity contribution in [3.05, 3.63) is 53.1 Å². The van der Waals surface area contributed by atoms with Gasteiger partial charge in [0, 0.05) is 24.4 Å². The Bertz CT molecular complexity index is 1060. The number of carbonyl (C=O) groups is 1. The Morgan fingerprint density at radius 2 is 2.03 bits per heavy atom. The van der Waals surface area contributed by atoms with Crippen molar-refractivity contribution in [3.8, 4) is 5.69 Å². The zero-order chi connectivity index (χ0) is 24.0. The molecule has 1 heterocycles. The lowest BCUT2D eigenvalue weighted by atomic mass is 9.69. The van der Waals surface area contributed by atoms with E-state index in [9.17, 15) is 27.5 Å². The second-order valence-corrected chi connectivity index (χ2v) is 9.30. The summed E-state index contributed by atoms with van der Waals surface area (Å²) >= 11 is 0. The topological polar surface area (TPSA) is 58.4 Å². The Labute approximate surface area is 189 Å². The van der Waals surface area contributed by atoms with Gasteiger partial charge in [-0.25, -0.2) is 9.07 Å². The van der Waals surface area contributed by atoms with Crippen LogP contribution in [0.25, 0.3) is 11.8 Å². The summed E-state index contributed by atoms with van der Waals surface area (Å²) in [5.74, 6) is -1.16. The Hall–Kier alpha value is -2.68. The van der Waals surface area contributed by atoms with Gasteiger partial charge in [0.1, 0.15) is 5.82 Å². The molecule has 0 unspecified atom stereocenters. The van der Waals surface area contributed by atoms with Crippen LogP contribution in [0, 0.1) is 17.2 Å². The molecular weight excluding hydrogens is 438 g/mol. The van der Waals surface area contributed by atoms with Crippen LogP contribution in [0.5, 0.6) is 0 Å². The molecule has 2 aliphatic carbocycles. The molecule has 0 saturated heterocycles. The molecule has 33 heavy (non-hydrogen) atoms. The molecule has 2 aromatic rings. The minimum absolute atomic E-state index is 0.131. The third-order valence-corrected chi connectivity index (χ3v) is 6.79. The van der Waals surface area contributed by atoms with Crippen molar-refractivity contribution in [1.29, 1.82) is 0 Å². The molecule has 0 bridgehead atoms. The van der Waals surface area contributed by atoms with Crippen LogP contribution in [0.1, 0.15) is 44.4 Å². The highest BCUT2D eigenvalue weighted by molar-refractivity contribution is 5.82. The molecule has 1 aromatic heterocycles. The number of aromatic nitrogens is 2. The summed E-state index contributed by atoms with van der Waals surface area (Å²) in [5, 5.41) is 14.2. The molecule has 9 heteroatoms. The molecule has 1 amide bonds. The third kappa shape index (κ3) is 4.69. The fourth-order valence-electron chi connectivity index (χ4n) is 5.12. The molecule has 0 radical (unpaired) electrons. The van der Waals surface area contributed by atoms with Crippen LogP contribution >= 0.6 is 0 Å². The number of aliphatic hydroxyl groups is 1. The van der Waals surface area contributed by atoms with Crippen LogP contribution < -0.4 is 0 Å². The lowest BCUT2D eigenvalue weighted by Gasteiger charge is -2.38. The first-order valence-corrected chi connectivity index (χ1v) is 11.1. The number of alkyl halides is 3. The highest BCUT2D eigenvalue weighted by atomic mass is 19.4. The first-order chi connectivity index (χ1) is 15.5. The van der Waals surface area contributed by atoms with Gasteiger partial charge in [0.05, 0.1) is 30.1 Å². The van der Waals surface area contributed by atoms with Crippen LogP contribution in [-0.2, 0) is 11.2 Å². The van der Waals surface area contributed by atoms with E-state index in [0.29, 0.717) is 19.3 Å². The van der Waals surface area contributed by atoms with Gasteiger partial charge in [-0.05, 0) is 62.1 Å². The summed E-state index contributed by atoms with van der Waals surface area (Å²) in [5.41, 5.74) is 3.06. The maximum Gasteiger partial charge on any atom is 0.390 e. The fourth-order valence-corrected chi connectivity index (χ4v) is 5.12. The molecule has 1 N–H and O–H groups in total. The molecule has 3 atom stereocenters. The molecule has 1 fully saturated rings. The van der Waals surface area contributed by atoms with Gasteiger partial charge in [-0.3, -0.25) is 4.79 Å². The van der Waals surface area contributed by atoms with Crippen LogP contribution in [0.2, 0.25) is 0 Å². The predicted molar refractivity (Wildman–Crippen MR) is 115 cm³/mol. The van der Waals surface area contributed by atoms with Crippen molar-refractivity contribution in [2.75, 3.05) is 13.1 Å². The van der Waals surface area contributed by atoms with Crippen molar-refractivity contribution in [3.63, 3.8) is 0 Å². The van der Waals surface area contributed by atoms with E-state index < -0.39 is 36.6 Å². The SMILES string of the molecule is C[C@H](O)CN(CCC(F)(F)F)C(=O)[C@H]1CCC2=Cc3c(cnn3-c3ccc(F)cc3)C[C@@]21C. The number of halogens is 4. The average Bonchev–Trinajstić information content (AvgIpc) is 3.28. The molecule has 0 aliphatic heterocycles. The largest absolute Gasteiger partial charge is 0.392 e. The summed E-state index contributed by atoms with van der Waals surface area (Å²) in [7, 11) is 0. The zero-order valence-corrected chi connectivity index (χ0v) is 18.6. The summed E-state index contributed by atoms with van der Waals surface area (Å²) in [6.45, 7) is 2.85. The molecule has 4 rings (SSSR count). The minimum Gasteiger partial charge on any atom is -0.392 e. The fraction of sp³-hybridized carbons (Fsp3) is 0.500. The lowest BCUT2D eigenvalue weighted by Crippen LogP contribution is -2.46. The van der Waals surface area contributed by atoms with Gasteiger partial charge in [-0.1, -0.05) is 12.5 Å². The Kier molecular flexibility index (Phi) is 6.11. The van der Waals surface area contributed by atoms with E-state index in [-0.39, 0.29) is 18.3 Å². The third-order valence-electron chi connectivity index (χ3n) is 6.79. The smallest absolute Gasteiger partial charge is 0.390 e. The van der Waals surface area contributed by atoms with Gasteiger partial charge in [0.2, 0.25) is 5.91 Å². The first-order valence-electron chi connectivity index (χ1n) is 11.1. The molecule has 178 valence electrons. The standard InChI is InChI=1S/C24H27F4N3O2/c1-15(32)14-30(10-9-24(26,27)28)22(33)20-8-3-17-11-21-16(12-23(17,20)2)13-29-31(21)19-6-4-18(25)5-7-19/h4-7,11,13,15,20,32H,3,8-10,12,14H2,1-2H3/t15-,20+,23-/m0/s1. The second-order valence-electron chi connectivity index (χ2n) is 9.30. The van der Waals surface area contributed by atoms with Gasteiger partial charge in [0.15, 0.2) is 0 Å². The zero-order valence-electron chi connectivity index (χ0n) is 18.6. The number of rotatable bonds is 6. The monoisotopic (exact) mass is 465 g/mol. The van der Waals surface area contributed by atoms with E-state index in [1.165, 1.54) is 19.1 Å². The van der Waals surface area contributed by atoms with Gasteiger partial charge in [-0.15, -0.1) is 0 Å². The number of benzene rings is 1. The minimum atomic E-state index is -4.38. The normalized spacial score (nSPS) is 23.0. The van der Waals surface area contributed by atoms with Gasteiger partial charge >= 0.3 is 6.18 Å². The van der Waals surface area contributed by atoms with E-state index in [2.05, 4.69) is 5.10 Å². The van der Waals surface area contributed by atoms with Crippen LogP contribution in [0.4, 0.5) is 17.6 Å². The number of carbonyl (C=O) groups excluding carboxylic acids is 1. The maximum atomic E-state index is 13.4. The van der Waals surface area contributed by atoms with Crippen LogP contribution in [-0.4, -0.2) is 51.1 Å². The lowest BCUT2D eigenvalue weighted by molar-refractivity contribution is -0.150. The first kappa shape index (κ1) is 23.5. The molecule has 0 spiro atoms. The van der Waals surface area contributed by atoms with Crippen molar-refractivity contribution in [2.24, 2.45) is 11.3 Å². The predicted octanol–water partition coefficient (Wildman–Crippen LogP) is 4.53. The van der Waals surface area contributed by atoms with Gasteiger partial charge in [0.25, 0.3) is 0 Å². The van der Waals surface area contributed by atoms with Crippen LogP contribution in [0.15, 0.2) is 36.0 Å². The summed E-state index contributed by atoms with van der Waals surface area (Å²) < 4.78 is 53.5. The summed E-state index contributed by atoms with van der Waals surface area (Å²) in [4.78, 5) is 14.6. The van der Waals surface area contributed by atoms with E-state index in [1.807, 2.05) is 13.0 Å². The molecular formula is C24H27F4N3O2. The van der Waals surface area contributed by atoms with Crippen molar-refractivity contribution in [2.45, 2.75) is 51.8 Å². The molecule has 2 aliphatic rings. The van der Waals surface area contributed by atoms with Crippen molar-refractivity contribution >= 4 is 12.0 Å². The highest BCUT2D eigenvalue weighted by Gasteiger charge is 2.50. The maximum absolute atomic E-state index is 13.4. The molecule has 5 nitrogen and oxygen atoms in total. The quantitative estimate of drug-likeness (QED) is 0.638. The van der Waals surface area contributed by atoms with Gasteiger partial charge < -0.3 is 10.0 Å². The highest BCUT2D eigenvalue weighted by Crippen LogP contribution is 2.53. The van der Waals surface area contributed by atoms with Crippen molar-refractivity contribution < 1.29 is 27.5 Å². The van der Waals surface area contributed by atoms with E-state index in [1.54, 1.807) is 23.0 Å². The average molecular weight is 465 g/mol. The number of nitrogens with zero attached hydrogens (tertiary/aromatic N) is 3. The summed E-state index contributed by atoms with van der Waals surface area (Å²) in [6, 6.07) is 6.02. The van der Waals surface area contributed by atoms with Gasteiger partial charge in [-0.2, -0.15) is 18.3 Å². The Morgan fingerprint density at radius 3 is 2.67 bits per heavy atom. The Balaban J connectivity index is 1.60. The number of hydrogen-bond acceptors (Lipinski definition) is 3.